The minimum absolute atomic E-state index is 0.241. The smallest absolute Gasteiger partial charge is 0.157 e. The molecule has 5 heteroatoms. The summed E-state index contributed by atoms with van der Waals surface area (Å²) in [5, 5.41) is 9.85. The van der Waals surface area contributed by atoms with E-state index in [1.54, 1.807) is 18.2 Å². The third kappa shape index (κ3) is 3.42. The van der Waals surface area contributed by atoms with Crippen LogP contribution >= 0.6 is 39.1 Å². The minimum atomic E-state index is 0.241. The molecule has 96 valence electrons. The van der Waals surface area contributed by atoms with Crippen molar-refractivity contribution >= 4 is 39.1 Å². The molecule has 2 rings (SSSR count). The third-order valence-corrected chi connectivity index (χ3v) is 3.49. The Morgan fingerprint density at radius 3 is 2.42 bits per heavy atom. The van der Waals surface area contributed by atoms with Crippen molar-refractivity contribution in [3.8, 4) is 11.8 Å². The largest absolute Gasteiger partial charge is 0.486 e. The number of benzene rings is 2. The van der Waals surface area contributed by atoms with Crippen molar-refractivity contribution in [2.75, 3.05) is 0 Å². The highest BCUT2D eigenvalue weighted by Gasteiger charge is 2.10. The van der Waals surface area contributed by atoms with E-state index < -0.39 is 0 Å². The van der Waals surface area contributed by atoms with Crippen LogP contribution in [0.3, 0.4) is 0 Å². The summed E-state index contributed by atoms with van der Waals surface area (Å²) in [6.07, 6.45) is 0. The summed E-state index contributed by atoms with van der Waals surface area (Å²) in [6.45, 7) is 0.241. The highest BCUT2D eigenvalue weighted by molar-refractivity contribution is 9.10. The van der Waals surface area contributed by atoms with Crippen molar-refractivity contribution in [2.24, 2.45) is 0 Å². The minimum Gasteiger partial charge on any atom is -0.486 e. The Morgan fingerprint density at radius 2 is 1.79 bits per heavy atom. The van der Waals surface area contributed by atoms with E-state index in [0.29, 0.717) is 21.4 Å². The Bertz CT molecular complexity index is 629. The van der Waals surface area contributed by atoms with E-state index >= 15 is 0 Å². The predicted octanol–water partition coefficient (Wildman–Crippen LogP) is 5.21. The lowest BCUT2D eigenvalue weighted by Gasteiger charge is -2.11. The van der Waals surface area contributed by atoms with Crippen LogP contribution in [0.4, 0.5) is 0 Å². The SMILES string of the molecule is N#Cc1ccccc1COc1c(Cl)cc(Br)cc1Cl. The first-order chi connectivity index (χ1) is 9.11. The number of ether oxygens (including phenoxy) is 1. The van der Waals surface area contributed by atoms with E-state index in [-0.39, 0.29) is 6.61 Å². The van der Waals surface area contributed by atoms with Gasteiger partial charge in [-0.1, -0.05) is 57.3 Å². The lowest BCUT2D eigenvalue weighted by molar-refractivity contribution is 0.306. The van der Waals surface area contributed by atoms with Gasteiger partial charge >= 0.3 is 0 Å². The number of hydrogen-bond donors (Lipinski definition) is 0. The van der Waals surface area contributed by atoms with Crippen LogP contribution in [0.1, 0.15) is 11.1 Å². The zero-order valence-corrected chi connectivity index (χ0v) is 12.8. The lowest BCUT2D eigenvalue weighted by Crippen LogP contribution is -1.99. The van der Waals surface area contributed by atoms with E-state index in [9.17, 15) is 0 Å². The molecule has 0 amide bonds. The van der Waals surface area contributed by atoms with Gasteiger partial charge in [0, 0.05) is 10.0 Å². The second-order valence-corrected chi connectivity index (χ2v) is 5.49. The molecular weight excluding hydrogens is 349 g/mol. The maximum atomic E-state index is 9.00. The fourth-order valence-corrected chi connectivity index (χ4v) is 2.89. The summed E-state index contributed by atoms with van der Waals surface area (Å²) in [7, 11) is 0. The van der Waals surface area contributed by atoms with Gasteiger partial charge < -0.3 is 4.74 Å². The summed E-state index contributed by atoms with van der Waals surface area (Å²) in [5.74, 6) is 0.416. The first kappa shape index (κ1) is 14.2. The molecule has 0 aromatic heterocycles. The summed E-state index contributed by atoms with van der Waals surface area (Å²) in [4.78, 5) is 0. The van der Waals surface area contributed by atoms with E-state index in [1.807, 2.05) is 18.2 Å². The second kappa shape index (κ2) is 6.29. The molecule has 0 saturated carbocycles. The first-order valence-corrected chi connectivity index (χ1v) is 6.92. The Labute approximate surface area is 129 Å². The van der Waals surface area contributed by atoms with Gasteiger partial charge in [-0.3, -0.25) is 0 Å². The highest BCUT2D eigenvalue weighted by Crippen LogP contribution is 2.36. The second-order valence-electron chi connectivity index (χ2n) is 3.76. The number of rotatable bonds is 3. The molecular formula is C14H8BrCl2NO. The van der Waals surface area contributed by atoms with Gasteiger partial charge in [0.05, 0.1) is 21.7 Å². The molecule has 2 nitrogen and oxygen atoms in total. The molecule has 0 bridgehead atoms. The molecule has 0 aliphatic rings. The lowest BCUT2D eigenvalue weighted by atomic mass is 10.1. The average molecular weight is 357 g/mol. The monoisotopic (exact) mass is 355 g/mol. The van der Waals surface area contributed by atoms with Crippen LogP contribution in [0.25, 0.3) is 0 Å². The molecule has 0 aliphatic heterocycles. The van der Waals surface area contributed by atoms with E-state index in [0.717, 1.165) is 10.0 Å². The standard InChI is InChI=1S/C14H8BrCl2NO/c15-11-5-12(16)14(13(17)6-11)19-8-10-4-2-1-3-9(10)7-18/h1-6H,8H2. The van der Waals surface area contributed by atoms with E-state index in [2.05, 4.69) is 22.0 Å². The van der Waals surface area contributed by atoms with Gasteiger partial charge in [-0.15, -0.1) is 0 Å². The van der Waals surface area contributed by atoms with Crippen molar-refractivity contribution in [2.45, 2.75) is 6.61 Å². The molecule has 0 fully saturated rings. The summed E-state index contributed by atoms with van der Waals surface area (Å²) in [6, 6.07) is 12.8. The molecule has 0 heterocycles. The van der Waals surface area contributed by atoms with Crippen LogP contribution < -0.4 is 4.74 Å². The molecule has 0 aliphatic carbocycles. The number of halogens is 3. The topological polar surface area (TPSA) is 33.0 Å². The zero-order valence-electron chi connectivity index (χ0n) is 9.66. The summed E-state index contributed by atoms with van der Waals surface area (Å²) < 4.78 is 6.40. The van der Waals surface area contributed by atoms with Crippen LogP contribution in [0.2, 0.25) is 10.0 Å². The van der Waals surface area contributed by atoms with Gasteiger partial charge in [0.15, 0.2) is 5.75 Å². The molecule has 19 heavy (non-hydrogen) atoms. The van der Waals surface area contributed by atoms with Crippen LogP contribution in [0.5, 0.6) is 5.75 Å². The summed E-state index contributed by atoms with van der Waals surface area (Å²) >= 11 is 15.4. The Morgan fingerprint density at radius 1 is 1.16 bits per heavy atom. The Hall–Kier alpha value is -1.21. The average Bonchev–Trinajstić information content (AvgIpc) is 2.38. The number of hydrogen-bond acceptors (Lipinski definition) is 2. The van der Waals surface area contributed by atoms with Crippen LogP contribution in [0, 0.1) is 11.3 Å². The van der Waals surface area contributed by atoms with Crippen LogP contribution in [0.15, 0.2) is 40.9 Å². The van der Waals surface area contributed by atoms with E-state index in [1.165, 1.54) is 0 Å². The molecule has 2 aromatic carbocycles. The van der Waals surface area contributed by atoms with Crippen LogP contribution in [-0.4, -0.2) is 0 Å². The molecule has 0 N–H and O–H groups in total. The van der Waals surface area contributed by atoms with Crippen molar-refractivity contribution in [1.82, 2.24) is 0 Å². The number of nitrogens with zero attached hydrogens (tertiary/aromatic N) is 1. The molecule has 0 saturated heterocycles. The predicted molar refractivity (Wildman–Crippen MR) is 79.7 cm³/mol. The zero-order chi connectivity index (χ0) is 13.8. The number of nitriles is 1. The first-order valence-electron chi connectivity index (χ1n) is 5.37. The van der Waals surface area contributed by atoms with Gasteiger partial charge in [0.1, 0.15) is 6.61 Å². The van der Waals surface area contributed by atoms with E-state index in [4.69, 9.17) is 33.2 Å². The summed E-state index contributed by atoms with van der Waals surface area (Å²) in [5.41, 5.74) is 1.37. The van der Waals surface area contributed by atoms with Crippen molar-refractivity contribution in [3.63, 3.8) is 0 Å². The van der Waals surface area contributed by atoms with Gasteiger partial charge in [-0.2, -0.15) is 5.26 Å². The van der Waals surface area contributed by atoms with Gasteiger partial charge in [-0.25, -0.2) is 0 Å². The molecule has 0 atom stereocenters. The molecule has 2 aromatic rings. The molecule has 0 radical (unpaired) electrons. The van der Waals surface area contributed by atoms with Crippen LogP contribution in [-0.2, 0) is 6.61 Å². The Kier molecular flexibility index (Phi) is 4.71. The normalized spacial score (nSPS) is 10.0. The quantitative estimate of drug-likeness (QED) is 0.756. The van der Waals surface area contributed by atoms with Gasteiger partial charge in [-0.05, 0) is 18.2 Å². The molecule has 0 spiro atoms. The van der Waals surface area contributed by atoms with Gasteiger partial charge in [0.25, 0.3) is 0 Å². The fraction of sp³-hybridized carbons (Fsp3) is 0.0714. The van der Waals surface area contributed by atoms with Crippen molar-refractivity contribution in [3.05, 3.63) is 62.0 Å². The maximum absolute atomic E-state index is 9.00. The third-order valence-electron chi connectivity index (χ3n) is 2.47. The van der Waals surface area contributed by atoms with Crippen molar-refractivity contribution in [1.29, 1.82) is 5.26 Å². The van der Waals surface area contributed by atoms with Crippen molar-refractivity contribution < 1.29 is 4.74 Å². The fourth-order valence-electron chi connectivity index (χ4n) is 1.57. The van der Waals surface area contributed by atoms with Gasteiger partial charge in [0.2, 0.25) is 0 Å². The molecule has 0 unspecified atom stereocenters. The maximum Gasteiger partial charge on any atom is 0.157 e. The highest BCUT2D eigenvalue weighted by atomic mass is 79.9. The Balaban J connectivity index is 2.22.